The van der Waals surface area contributed by atoms with Gasteiger partial charge in [0.2, 0.25) is 5.91 Å². The summed E-state index contributed by atoms with van der Waals surface area (Å²) >= 11 is 1.44. The van der Waals surface area contributed by atoms with Crippen LogP contribution in [0.5, 0.6) is 0 Å². The van der Waals surface area contributed by atoms with E-state index >= 15 is 0 Å². The Bertz CT molecular complexity index is 581. The van der Waals surface area contributed by atoms with Gasteiger partial charge in [0.05, 0.1) is 5.56 Å². The van der Waals surface area contributed by atoms with Gasteiger partial charge >= 0.3 is 0 Å². The average molecular weight is 320 g/mol. The molecule has 0 bridgehead atoms. The first kappa shape index (κ1) is 18.0. The molecule has 0 saturated heterocycles. The first-order chi connectivity index (χ1) is 10.5. The zero-order valence-electron chi connectivity index (χ0n) is 13.0. The lowest BCUT2D eigenvalue weighted by atomic mass is 10.2. The number of aromatic nitrogens is 1. The number of nitrogens with zero attached hydrogens (tertiary/aromatic N) is 2. The highest BCUT2D eigenvalue weighted by Crippen LogP contribution is 2.24. The molecular formula is C15H20N4O2S. The number of rotatable bonds is 7. The Morgan fingerprint density at radius 2 is 2.09 bits per heavy atom. The van der Waals surface area contributed by atoms with Gasteiger partial charge in [-0.15, -0.1) is 11.8 Å². The van der Waals surface area contributed by atoms with Crippen molar-refractivity contribution in [2.24, 2.45) is 0 Å². The first-order valence-corrected chi connectivity index (χ1v) is 7.98. The third-order valence-corrected chi connectivity index (χ3v) is 3.58. The van der Waals surface area contributed by atoms with E-state index in [1.165, 1.54) is 17.8 Å². The highest BCUT2D eigenvalue weighted by molar-refractivity contribution is 7.99. The van der Waals surface area contributed by atoms with E-state index in [0.29, 0.717) is 17.1 Å². The minimum absolute atomic E-state index is 0.105. The van der Waals surface area contributed by atoms with E-state index < -0.39 is 0 Å². The third-order valence-electron chi connectivity index (χ3n) is 2.57. The molecule has 2 N–H and O–H groups in total. The van der Waals surface area contributed by atoms with Gasteiger partial charge in [-0.2, -0.15) is 5.26 Å². The molecule has 0 spiro atoms. The van der Waals surface area contributed by atoms with Crippen LogP contribution >= 0.6 is 11.8 Å². The number of hydrogen-bond donors (Lipinski definition) is 2. The average Bonchev–Trinajstić information content (AvgIpc) is 2.46. The highest BCUT2D eigenvalue weighted by atomic mass is 32.2. The summed E-state index contributed by atoms with van der Waals surface area (Å²) in [7, 11) is 0. The molecule has 0 aromatic carbocycles. The summed E-state index contributed by atoms with van der Waals surface area (Å²) in [6, 6.07) is 5.18. The van der Waals surface area contributed by atoms with Crippen molar-refractivity contribution in [2.45, 2.75) is 37.5 Å². The summed E-state index contributed by atoms with van der Waals surface area (Å²) < 4.78 is 0. The molecule has 0 fully saturated rings. The number of amides is 2. The number of hydrogen-bond acceptors (Lipinski definition) is 5. The van der Waals surface area contributed by atoms with Gasteiger partial charge < -0.3 is 10.6 Å². The number of nitrogens with one attached hydrogen (secondary N) is 2. The van der Waals surface area contributed by atoms with Crippen LogP contribution in [0.1, 0.15) is 43.2 Å². The summed E-state index contributed by atoms with van der Waals surface area (Å²) in [4.78, 5) is 27.6. The van der Waals surface area contributed by atoms with Gasteiger partial charge in [0.25, 0.3) is 5.91 Å². The molecule has 0 atom stereocenters. The smallest absolute Gasteiger partial charge is 0.269 e. The van der Waals surface area contributed by atoms with E-state index in [1.54, 1.807) is 6.07 Å². The maximum absolute atomic E-state index is 12.0. The lowest BCUT2D eigenvalue weighted by molar-refractivity contribution is -0.120. The van der Waals surface area contributed by atoms with Gasteiger partial charge in [-0.25, -0.2) is 4.98 Å². The molecule has 1 aromatic rings. The van der Waals surface area contributed by atoms with E-state index in [0.717, 1.165) is 0 Å². The highest BCUT2D eigenvalue weighted by Gasteiger charge is 2.13. The third kappa shape index (κ3) is 5.74. The Morgan fingerprint density at radius 1 is 1.36 bits per heavy atom. The minimum atomic E-state index is -0.348. The van der Waals surface area contributed by atoms with Crippen LogP contribution in [0, 0.1) is 11.3 Å². The van der Waals surface area contributed by atoms with Crippen molar-refractivity contribution in [2.75, 3.05) is 13.1 Å². The quantitative estimate of drug-likeness (QED) is 0.746. The second-order valence-corrected chi connectivity index (χ2v) is 6.35. The van der Waals surface area contributed by atoms with Gasteiger partial charge in [-0.3, -0.25) is 9.59 Å². The number of carbonyl (C=O) groups excluding carboxylic acids is 2. The van der Waals surface area contributed by atoms with Crippen LogP contribution in [-0.4, -0.2) is 35.1 Å². The van der Waals surface area contributed by atoms with Gasteiger partial charge in [0.1, 0.15) is 16.8 Å². The van der Waals surface area contributed by atoms with Crippen molar-refractivity contribution < 1.29 is 9.59 Å². The Labute approximate surface area is 134 Å². The van der Waals surface area contributed by atoms with Crippen LogP contribution in [0.2, 0.25) is 0 Å². The fourth-order valence-electron chi connectivity index (χ4n) is 1.63. The normalized spacial score (nSPS) is 10.1. The maximum atomic E-state index is 12.0. The lowest BCUT2D eigenvalue weighted by Gasteiger charge is -2.09. The molecule has 7 heteroatoms. The molecule has 0 unspecified atom stereocenters. The molecule has 0 radical (unpaired) electrons. The standard InChI is InChI=1S/C15H20N4O2S/c1-4-17-13(20)7-8-18-14(21)12-6-5-11(9-16)15(19-12)22-10(2)3/h5-6,10H,4,7-8H2,1-3H3,(H,17,20)(H,18,21). The number of thioether (sulfide) groups is 1. The fourth-order valence-corrected chi connectivity index (χ4v) is 2.47. The molecule has 1 rings (SSSR count). The Kier molecular flexibility index (Phi) is 7.40. The van der Waals surface area contributed by atoms with Crippen LogP contribution in [0.3, 0.4) is 0 Å². The van der Waals surface area contributed by atoms with Crippen LogP contribution < -0.4 is 10.6 Å². The van der Waals surface area contributed by atoms with Crippen molar-refractivity contribution in [1.82, 2.24) is 15.6 Å². The second kappa shape index (κ2) is 9.05. The van der Waals surface area contributed by atoms with E-state index in [-0.39, 0.29) is 35.7 Å². The largest absolute Gasteiger partial charge is 0.356 e. The van der Waals surface area contributed by atoms with E-state index in [1.807, 2.05) is 20.8 Å². The van der Waals surface area contributed by atoms with Crippen LogP contribution in [0.4, 0.5) is 0 Å². The summed E-state index contributed by atoms with van der Waals surface area (Å²) in [6.45, 7) is 6.64. The molecule has 0 aliphatic carbocycles. The topological polar surface area (TPSA) is 94.9 Å². The lowest BCUT2D eigenvalue weighted by Crippen LogP contribution is -2.31. The molecule has 2 amide bonds. The molecule has 0 aliphatic heterocycles. The van der Waals surface area contributed by atoms with E-state index in [2.05, 4.69) is 21.7 Å². The Morgan fingerprint density at radius 3 is 2.68 bits per heavy atom. The predicted molar refractivity (Wildman–Crippen MR) is 85.6 cm³/mol. The minimum Gasteiger partial charge on any atom is -0.356 e. The van der Waals surface area contributed by atoms with Crippen LogP contribution in [0.25, 0.3) is 0 Å². The van der Waals surface area contributed by atoms with Crippen LogP contribution in [0.15, 0.2) is 17.2 Å². The predicted octanol–water partition coefficient (Wildman–Crippen LogP) is 1.71. The molecule has 6 nitrogen and oxygen atoms in total. The molecule has 0 aliphatic rings. The fraction of sp³-hybridized carbons (Fsp3) is 0.467. The monoisotopic (exact) mass is 320 g/mol. The van der Waals surface area contributed by atoms with Crippen molar-refractivity contribution in [3.05, 3.63) is 23.4 Å². The number of pyridine rings is 1. The van der Waals surface area contributed by atoms with Gasteiger partial charge in [-0.05, 0) is 19.1 Å². The van der Waals surface area contributed by atoms with E-state index in [4.69, 9.17) is 5.26 Å². The molecular weight excluding hydrogens is 300 g/mol. The van der Waals surface area contributed by atoms with Crippen molar-refractivity contribution in [3.8, 4) is 6.07 Å². The molecule has 0 saturated carbocycles. The summed E-state index contributed by atoms with van der Waals surface area (Å²) in [6.07, 6.45) is 0.226. The zero-order chi connectivity index (χ0) is 16.5. The Hall–Kier alpha value is -2.07. The SMILES string of the molecule is CCNC(=O)CCNC(=O)c1ccc(C#N)c(SC(C)C)n1. The van der Waals surface area contributed by atoms with Crippen molar-refractivity contribution in [1.29, 1.82) is 5.26 Å². The van der Waals surface area contributed by atoms with Gasteiger partial charge in [-0.1, -0.05) is 13.8 Å². The molecule has 1 aromatic heterocycles. The summed E-state index contributed by atoms with van der Waals surface area (Å²) in [5, 5.41) is 15.2. The molecule has 22 heavy (non-hydrogen) atoms. The second-order valence-electron chi connectivity index (χ2n) is 4.79. The summed E-state index contributed by atoms with van der Waals surface area (Å²) in [5.41, 5.74) is 0.704. The zero-order valence-corrected chi connectivity index (χ0v) is 13.8. The van der Waals surface area contributed by atoms with Crippen molar-refractivity contribution in [3.63, 3.8) is 0 Å². The van der Waals surface area contributed by atoms with Gasteiger partial charge in [0, 0.05) is 24.8 Å². The first-order valence-electron chi connectivity index (χ1n) is 7.10. The Balaban J connectivity index is 2.69. The van der Waals surface area contributed by atoms with Gasteiger partial charge in [0.15, 0.2) is 0 Å². The molecule has 118 valence electrons. The number of nitriles is 1. The van der Waals surface area contributed by atoms with Crippen molar-refractivity contribution >= 4 is 23.6 Å². The number of carbonyl (C=O) groups is 2. The van der Waals surface area contributed by atoms with Crippen LogP contribution in [-0.2, 0) is 4.79 Å². The summed E-state index contributed by atoms with van der Waals surface area (Å²) in [5.74, 6) is -0.453. The maximum Gasteiger partial charge on any atom is 0.269 e. The molecule has 1 heterocycles. The van der Waals surface area contributed by atoms with E-state index in [9.17, 15) is 9.59 Å².